The molecule has 0 fully saturated rings. The molecule has 12 heavy (non-hydrogen) atoms. The van der Waals surface area contributed by atoms with Gasteiger partial charge in [0, 0.05) is 6.92 Å². The summed E-state index contributed by atoms with van der Waals surface area (Å²) in [6.45, 7) is 1.41. The summed E-state index contributed by atoms with van der Waals surface area (Å²) >= 11 is 0. The van der Waals surface area contributed by atoms with Gasteiger partial charge in [-0.15, -0.1) is 0 Å². The first-order valence-electron chi connectivity index (χ1n) is 3.43. The molecule has 6 nitrogen and oxygen atoms in total. The monoisotopic (exact) mass is 171 g/mol. The molecule has 1 amide bonds. The molecule has 1 heterocycles. The largest absolute Gasteiger partial charge is 0.305 e. The molecule has 6 heteroatoms. The number of rotatable bonds is 2. The molecule has 0 saturated carbocycles. The number of aromatic nitrogens is 2. The average Bonchev–Trinajstić information content (AvgIpc) is 2.34. The van der Waals surface area contributed by atoms with Crippen LogP contribution >= 0.6 is 0 Å². The van der Waals surface area contributed by atoms with E-state index in [0.29, 0.717) is 5.88 Å². The van der Waals surface area contributed by atoms with Crippen LogP contribution in [-0.2, 0) is 4.79 Å². The second-order valence-electron chi connectivity index (χ2n) is 2.52. The van der Waals surface area contributed by atoms with Gasteiger partial charge in [0.2, 0.25) is 11.2 Å². The summed E-state index contributed by atoms with van der Waals surface area (Å²) in [7, 11) is 3.61. The molecule has 1 N–H and O–H groups in total. The topological polar surface area (TPSA) is 62.3 Å². The Morgan fingerprint density at radius 2 is 2.42 bits per heavy atom. The fourth-order valence-corrected chi connectivity index (χ4v) is 0.655. The highest BCUT2D eigenvalue weighted by Crippen LogP contribution is 1.98. The van der Waals surface area contributed by atoms with E-state index in [0.717, 1.165) is 0 Å². The second kappa shape index (κ2) is 3.21. The van der Waals surface area contributed by atoms with E-state index in [1.54, 1.807) is 25.3 Å². The normalized spacial score (nSPS) is 9.58. The Bertz CT molecular complexity index is 281. The van der Waals surface area contributed by atoms with Crippen molar-refractivity contribution in [2.24, 2.45) is 0 Å². The molecule has 66 valence electrons. The molecule has 1 rings (SSSR count). The van der Waals surface area contributed by atoms with Crippen LogP contribution in [0.1, 0.15) is 6.92 Å². The van der Waals surface area contributed by atoms with E-state index in [1.165, 1.54) is 11.7 Å². The maximum absolute atomic E-state index is 10.6. The zero-order valence-corrected chi connectivity index (χ0v) is 7.24. The summed E-state index contributed by atoms with van der Waals surface area (Å²) in [6, 6.07) is 0. The molecule has 1 aromatic heterocycles. The third kappa shape index (κ3) is 1.94. The maximum Gasteiger partial charge on any atom is 0.305 e. The molecule has 0 bridgehead atoms. The zero-order chi connectivity index (χ0) is 9.14. The van der Waals surface area contributed by atoms with Gasteiger partial charge in [0.25, 0.3) is 6.20 Å². The molecule has 0 aromatic carbocycles. The van der Waals surface area contributed by atoms with Crippen LogP contribution in [0.25, 0.3) is 0 Å². The van der Waals surface area contributed by atoms with E-state index in [9.17, 15) is 4.79 Å². The lowest BCUT2D eigenvalue weighted by Gasteiger charge is -1.93. The van der Waals surface area contributed by atoms with Gasteiger partial charge in [-0.2, -0.15) is 5.01 Å². The number of anilines is 1. The standard InChI is InChI=1S/C6H10N4O2/c1-5(11)7-6-4-10(8-12-6)9(2)3/h4H,1-3H3/p+1. The Kier molecular flexibility index (Phi) is 2.27. The molecule has 0 spiro atoms. The van der Waals surface area contributed by atoms with E-state index >= 15 is 0 Å². The van der Waals surface area contributed by atoms with Crippen LogP contribution in [0.2, 0.25) is 0 Å². The Hall–Kier alpha value is -1.59. The van der Waals surface area contributed by atoms with Crippen LogP contribution in [0.3, 0.4) is 0 Å². The fraction of sp³-hybridized carbons (Fsp3) is 0.500. The first kappa shape index (κ1) is 8.51. The lowest BCUT2D eigenvalue weighted by molar-refractivity contribution is -0.753. The number of carbonyl (C=O) groups excluding carboxylic acids is 1. The lowest BCUT2D eigenvalue weighted by Crippen LogP contribution is -2.53. The molecule has 0 unspecified atom stereocenters. The second-order valence-corrected chi connectivity index (χ2v) is 2.52. The molecule has 1 aromatic rings. The van der Waals surface area contributed by atoms with Crippen molar-refractivity contribution in [2.75, 3.05) is 24.4 Å². The van der Waals surface area contributed by atoms with E-state index in [2.05, 4.69) is 10.6 Å². The Balaban J connectivity index is 2.70. The van der Waals surface area contributed by atoms with Gasteiger partial charge < -0.3 is 0 Å². The predicted molar refractivity (Wildman–Crippen MR) is 41.1 cm³/mol. The molecule has 0 atom stereocenters. The van der Waals surface area contributed by atoms with Crippen molar-refractivity contribution in [3.05, 3.63) is 6.20 Å². The number of hydrogen-bond acceptors (Lipinski definition) is 4. The summed E-state index contributed by atoms with van der Waals surface area (Å²) in [6.07, 6.45) is 1.57. The van der Waals surface area contributed by atoms with Crippen LogP contribution in [0.4, 0.5) is 5.88 Å². The summed E-state index contributed by atoms with van der Waals surface area (Å²) in [4.78, 5) is 12.0. The van der Waals surface area contributed by atoms with Crippen LogP contribution < -0.4 is 15.1 Å². The number of hydrogen-bond donors (Lipinski definition) is 1. The van der Waals surface area contributed by atoms with Crippen molar-refractivity contribution in [2.45, 2.75) is 6.92 Å². The van der Waals surface area contributed by atoms with E-state index in [4.69, 9.17) is 4.52 Å². The third-order valence-corrected chi connectivity index (χ3v) is 1.16. The van der Waals surface area contributed by atoms with Crippen molar-refractivity contribution in [3.63, 3.8) is 0 Å². The predicted octanol–water partition coefficient (Wildman–Crippen LogP) is -0.882. The highest BCUT2D eigenvalue weighted by atomic mass is 16.5. The number of nitrogens with zero attached hydrogens (tertiary/aromatic N) is 3. The van der Waals surface area contributed by atoms with Gasteiger partial charge in [-0.3, -0.25) is 14.6 Å². The molecule has 0 saturated heterocycles. The lowest BCUT2D eigenvalue weighted by atomic mass is 10.6. The number of nitrogens with one attached hydrogen (secondary N) is 1. The van der Waals surface area contributed by atoms with Crippen molar-refractivity contribution in [1.29, 1.82) is 0 Å². The Labute approximate surface area is 69.7 Å². The van der Waals surface area contributed by atoms with Crippen LogP contribution in [-0.4, -0.2) is 25.3 Å². The SMILES string of the molecule is CC(=O)Nc1c[n+](N(C)C)no1. The quantitative estimate of drug-likeness (QED) is 0.587. The summed E-state index contributed by atoms with van der Waals surface area (Å²) in [5.41, 5.74) is 0. The van der Waals surface area contributed by atoms with E-state index < -0.39 is 0 Å². The zero-order valence-electron chi connectivity index (χ0n) is 7.24. The van der Waals surface area contributed by atoms with Gasteiger partial charge in [0.15, 0.2) is 0 Å². The Morgan fingerprint density at radius 1 is 1.75 bits per heavy atom. The van der Waals surface area contributed by atoms with Gasteiger partial charge in [0.1, 0.15) is 0 Å². The summed E-state index contributed by atoms with van der Waals surface area (Å²) < 4.78 is 4.78. The minimum Gasteiger partial charge on any atom is -0.289 e. The minimum absolute atomic E-state index is 0.183. The minimum atomic E-state index is -0.183. The third-order valence-electron chi connectivity index (χ3n) is 1.16. The summed E-state index contributed by atoms with van der Waals surface area (Å²) in [5, 5.41) is 7.79. The van der Waals surface area contributed by atoms with Crippen LogP contribution in [0, 0.1) is 0 Å². The van der Waals surface area contributed by atoms with E-state index in [1.807, 2.05) is 0 Å². The Morgan fingerprint density at radius 3 is 2.83 bits per heavy atom. The van der Waals surface area contributed by atoms with Gasteiger partial charge in [-0.1, -0.05) is 0 Å². The van der Waals surface area contributed by atoms with Crippen molar-refractivity contribution >= 4 is 11.8 Å². The molecule has 0 aliphatic carbocycles. The highest BCUT2D eigenvalue weighted by molar-refractivity contribution is 5.86. The molecular formula is C6H11N4O2+. The average molecular weight is 171 g/mol. The van der Waals surface area contributed by atoms with Gasteiger partial charge in [-0.25, -0.2) is 0 Å². The molecule has 0 radical (unpaired) electrons. The summed E-state index contributed by atoms with van der Waals surface area (Å²) in [5.74, 6) is 0.147. The smallest absolute Gasteiger partial charge is 0.289 e. The molecule has 0 aliphatic rings. The van der Waals surface area contributed by atoms with Gasteiger partial charge >= 0.3 is 5.88 Å². The van der Waals surface area contributed by atoms with Gasteiger partial charge in [-0.05, 0) is 0 Å². The molecular weight excluding hydrogens is 160 g/mol. The number of amides is 1. The first-order valence-corrected chi connectivity index (χ1v) is 3.43. The highest BCUT2D eigenvalue weighted by Gasteiger charge is 2.13. The van der Waals surface area contributed by atoms with Crippen molar-refractivity contribution in [3.8, 4) is 0 Å². The van der Waals surface area contributed by atoms with E-state index in [-0.39, 0.29) is 5.91 Å². The van der Waals surface area contributed by atoms with Crippen molar-refractivity contribution in [1.82, 2.24) is 5.27 Å². The maximum atomic E-state index is 10.6. The van der Waals surface area contributed by atoms with Crippen LogP contribution in [0.5, 0.6) is 0 Å². The number of carbonyl (C=O) groups is 1. The molecule has 0 aliphatic heterocycles. The first-order chi connectivity index (χ1) is 5.59. The fourth-order valence-electron chi connectivity index (χ4n) is 0.655. The van der Waals surface area contributed by atoms with Crippen LogP contribution in [0.15, 0.2) is 10.7 Å². The van der Waals surface area contributed by atoms with Crippen molar-refractivity contribution < 1.29 is 14.1 Å². The van der Waals surface area contributed by atoms with Gasteiger partial charge in [0.05, 0.1) is 18.9 Å².